The van der Waals surface area contributed by atoms with Gasteiger partial charge in [0.05, 0.1) is 0 Å². The summed E-state index contributed by atoms with van der Waals surface area (Å²) in [5, 5.41) is 1.13. The summed E-state index contributed by atoms with van der Waals surface area (Å²) >= 11 is 0. The molecule has 0 spiro atoms. The maximum absolute atomic E-state index is 13.4. The Hall–Kier alpha value is -2.81. The Kier molecular flexibility index (Phi) is 3.14. The second-order valence-corrected chi connectivity index (χ2v) is 6.45. The summed E-state index contributed by atoms with van der Waals surface area (Å²) in [6.07, 6.45) is 4.54. The van der Waals surface area contributed by atoms with Crippen LogP contribution in [0, 0.1) is 0 Å². The smallest absolute Gasteiger partial charge is 0.242 e. The van der Waals surface area contributed by atoms with Crippen molar-refractivity contribution in [1.29, 1.82) is 0 Å². The third-order valence-electron chi connectivity index (χ3n) is 5.20. The number of carbonyl (C=O) groups excluding carboxylic acids is 1. The van der Waals surface area contributed by atoms with Gasteiger partial charge in [-0.1, -0.05) is 42.5 Å². The van der Waals surface area contributed by atoms with E-state index in [1.165, 1.54) is 0 Å². The summed E-state index contributed by atoms with van der Waals surface area (Å²) in [7, 11) is 3.89. The topological polar surface area (TPSA) is 25.2 Å². The molecule has 4 rings (SSSR count). The molecule has 1 aliphatic rings. The van der Waals surface area contributed by atoms with E-state index in [1.807, 2.05) is 50.5 Å². The van der Waals surface area contributed by atoms with Gasteiger partial charge in [-0.05, 0) is 29.7 Å². The molecule has 1 unspecified atom stereocenters. The lowest BCUT2D eigenvalue weighted by Gasteiger charge is -2.27. The number of aromatic nitrogens is 1. The molecule has 3 nitrogen and oxygen atoms in total. The molecular formula is C21H20N2O. The van der Waals surface area contributed by atoms with Crippen molar-refractivity contribution in [3.63, 3.8) is 0 Å². The monoisotopic (exact) mass is 316 g/mol. The number of amides is 1. The third kappa shape index (κ3) is 1.70. The number of benzene rings is 2. The van der Waals surface area contributed by atoms with Crippen LogP contribution >= 0.6 is 0 Å². The molecule has 0 N–H and O–H groups in total. The number of anilines is 1. The molecule has 3 heteroatoms. The van der Waals surface area contributed by atoms with Crippen LogP contribution in [-0.4, -0.2) is 17.5 Å². The van der Waals surface area contributed by atoms with Crippen molar-refractivity contribution in [3.05, 3.63) is 78.5 Å². The van der Waals surface area contributed by atoms with Crippen molar-refractivity contribution in [3.8, 4) is 0 Å². The minimum Gasteiger partial charge on any atom is -0.350 e. The van der Waals surface area contributed by atoms with Crippen LogP contribution in [0.15, 0.2) is 67.4 Å². The number of carbonyl (C=O) groups is 1. The molecular weight excluding hydrogens is 296 g/mol. The van der Waals surface area contributed by atoms with Gasteiger partial charge in [-0.15, -0.1) is 6.58 Å². The molecule has 0 bridgehead atoms. The predicted molar refractivity (Wildman–Crippen MR) is 98.4 cm³/mol. The highest BCUT2D eigenvalue weighted by atomic mass is 16.2. The minimum absolute atomic E-state index is 0.111. The molecule has 3 aromatic rings. The maximum Gasteiger partial charge on any atom is 0.242 e. The molecule has 1 aliphatic heterocycles. The fourth-order valence-corrected chi connectivity index (χ4v) is 4.10. The third-order valence-corrected chi connectivity index (χ3v) is 5.20. The van der Waals surface area contributed by atoms with Gasteiger partial charge in [0.15, 0.2) is 0 Å². The molecule has 0 fully saturated rings. The van der Waals surface area contributed by atoms with Crippen LogP contribution < -0.4 is 4.90 Å². The lowest BCUT2D eigenvalue weighted by molar-refractivity contribution is -0.121. The largest absolute Gasteiger partial charge is 0.350 e. The zero-order valence-electron chi connectivity index (χ0n) is 14.0. The van der Waals surface area contributed by atoms with Gasteiger partial charge in [-0.2, -0.15) is 0 Å². The van der Waals surface area contributed by atoms with Crippen LogP contribution in [0.1, 0.15) is 17.5 Å². The zero-order valence-corrected chi connectivity index (χ0v) is 14.0. The minimum atomic E-state index is -0.700. The predicted octanol–water partition coefficient (Wildman–Crippen LogP) is 4.02. The van der Waals surface area contributed by atoms with Gasteiger partial charge >= 0.3 is 0 Å². The Morgan fingerprint density at radius 1 is 1.04 bits per heavy atom. The SMILES string of the molecule is C=CCC1(c2cn(C)c3ccccc23)C(=O)N(C)c2ccccc21. The Balaban J connectivity index is 2.11. The first-order valence-corrected chi connectivity index (χ1v) is 8.14. The summed E-state index contributed by atoms with van der Waals surface area (Å²) in [6, 6.07) is 16.3. The number of hydrogen-bond acceptors (Lipinski definition) is 1. The van der Waals surface area contributed by atoms with Crippen molar-refractivity contribution in [1.82, 2.24) is 4.57 Å². The van der Waals surface area contributed by atoms with E-state index < -0.39 is 5.41 Å². The fraction of sp³-hybridized carbons (Fsp3) is 0.190. The number of para-hydroxylation sites is 2. The summed E-state index contributed by atoms with van der Waals surface area (Å²) in [5.74, 6) is 0.111. The molecule has 120 valence electrons. The van der Waals surface area contributed by atoms with Crippen LogP contribution in [0.5, 0.6) is 0 Å². The molecule has 0 saturated heterocycles. The number of allylic oxidation sites excluding steroid dienone is 1. The van der Waals surface area contributed by atoms with E-state index >= 15 is 0 Å². The first-order valence-electron chi connectivity index (χ1n) is 8.14. The number of likely N-dealkylation sites (N-methyl/N-ethyl adjacent to an activating group) is 1. The van der Waals surface area contributed by atoms with E-state index in [9.17, 15) is 4.79 Å². The first kappa shape index (κ1) is 14.8. The van der Waals surface area contributed by atoms with Crippen LogP contribution in [0.3, 0.4) is 0 Å². The van der Waals surface area contributed by atoms with Crippen molar-refractivity contribution in [2.45, 2.75) is 11.8 Å². The van der Waals surface area contributed by atoms with E-state index in [0.29, 0.717) is 6.42 Å². The maximum atomic E-state index is 13.4. The quantitative estimate of drug-likeness (QED) is 0.670. The molecule has 0 radical (unpaired) electrons. The van der Waals surface area contributed by atoms with Crippen LogP contribution in [0.4, 0.5) is 5.69 Å². The van der Waals surface area contributed by atoms with Crippen molar-refractivity contribution < 1.29 is 4.79 Å². The zero-order chi connectivity index (χ0) is 16.9. The molecule has 2 aromatic carbocycles. The van der Waals surface area contributed by atoms with Gasteiger partial charge in [0.2, 0.25) is 5.91 Å². The van der Waals surface area contributed by atoms with Crippen LogP contribution in [-0.2, 0) is 17.3 Å². The number of fused-ring (bicyclic) bond motifs is 2. The van der Waals surface area contributed by atoms with Gasteiger partial charge in [-0.25, -0.2) is 0 Å². The van der Waals surface area contributed by atoms with Gasteiger partial charge in [0, 0.05) is 36.9 Å². The Labute approximate surface area is 141 Å². The summed E-state index contributed by atoms with van der Waals surface area (Å²) < 4.78 is 2.10. The molecule has 2 heterocycles. The van der Waals surface area contributed by atoms with E-state index in [1.54, 1.807) is 4.90 Å². The summed E-state index contributed by atoms with van der Waals surface area (Å²) in [5.41, 5.74) is 3.54. The average molecular weight is 316 g/mol. The van der Waals surface area contributed by atoms with Gasteiger partial charge < -0.3 is 9.47 Å². The Morgan fingerprint density at radius 3 is 2.54 bits per heavy atom. The number of rotatable bonds is 3. The number of nitrogens with zero attached hydrogens (tertiary/aromatic N) is 2. The molecule has 1 aromatic heterocycles. The first-order chi connectivity index (χ1) is 11.6. The second kappa shape index (κ2) is 5.10. The highest BCUT2D eigenvalue weighted by molar-refractivity contribution is 6.12. The van der Waals surface area contributed by atoms with Gasteiger partial charge in [0.25, 0.3) is 0 Å². The number of aryl methyl sites for hydroxylation is 1. The molecule has 1 atom stereocenters. The molecule has 0 saturated carbocycles. The standard InChI is InChI=1S/C21H20N2O/c1-4-13-21(16-10-6-8-12-19(16)23(3)20(21)24)17-14-22(2)18-11-7-5-9-15(17)18/h4-12,14H,1,13H2,2-3H3. The fourth-order valence-electron chi connectivity index (χ4n) is 4.10. The Morgan fingerprint density at radius 2 is 1.75 bits per heavy atom. The van der Waals surface area contributed by atoms with E-state index in [-0.39, 0.29) is 5.91 Å². The highest BCUT2D eigenvalue weighted by Crippen LogP contribution is 2.49. The summed E-state index contributed by atoms with van der Waals surface area (Å²) in [4.78, 5) is 15.2. The molecule has 24 heavy (non-hydrogen) atoms. The van der Waals surface area contributed by atoms with E-state index in [0.717, 1.165) is 27.7 Å². The lowest BCUT2D eigenvalue weighted by atomic mass is 9.73. The lowest BCUT2D eigenvalue weighted by Crippen LogP contribution is -2.39. The van der Waals surface area contributed by atoms with Crippen LogP contribution in [0.2, 0.25) is 0 Å². The van der Waals surface area contributed by atoms with E-state index in [2.05, 4.69) is 35.5 Å². The average Bonchev–Trinajstić information content (AvgIpc) is 3.05. The second-order valence-electron chi connectivity index (χ2n) is 6.45. The van der Waals surface area contributed by atoms with Crippen molar-refractivity contribution >= 4 is 22.5 Å². The Bertz CT molecular complexity index is 969. The highest BCUT2D eigenvalue weighted by Gasteiger charge is 2.51. The normalized spacial score (nSPS) is 19.8. The van der Waals surface area contributed by atoms with Gasteiger partial charge in [-0.3, -0.25) is 4.79 Å². The van der Waals surface area contributed by atoms with Crippen LogP contribution in [0.25, 0.3) is 10.9 Å². The van der Waals surface area contributed by atoms with Crippen molar-refractivity contribution in [2.24, 2.45) is 7.05 Å². The number of hydrogen-bond donors (Lipinski definition) is 0. The summed E-state index contributed by atoms with van der Waals surface area (Å²) in [6.45, 7) is 3.94. The van der Waals surface area contributed by atoms with Gasteiger partial charge in [0.1, 0.15) is 5.41 Å². The molecule has 1 amide bonds. The van der Waals surface area contributed by atoms with Crippen molar-refractivity contribution in [2.75, 3.05) is 11.9 Å². The molecule has 0 aliphatic carbocycles. The van der Waals surface area contributed by atoms with E-state index in [4.69, 9.17) is 0 Å².